The van der Waals surface area contributed by atoms with E-state index in [1.807, 2.05) is 24.0 Å². The molecule has 10 heteroatoms. The number of nitrogens with zero attached hydrogens (tertiary/aromatic N) is 5. The first kappa shape index (κ1) is 22.7. The van der Waals surface area contributed by atoms with E-state index in [0.717, 1.165) is 10.6 Å². The third kappa shape index (κ3) is 4.65. The van der Waals surface area contributed by atoms with Crippen LogP contribution in [0.5, 0.6) is 0 Å². The topological polar surface area (TPSA) is 103 Å². The molecule has 0 saturated heterocycles. The molecule has 0 fully saturated rings. The van der Waals surface area contributed by atoms with Crippen molar-refractivity contribution in [2.75, 3.05) is 22.2 Å². The molecule has 0 aliphatic carbocycles. The summed E-state index contributed by atoms with van der Waals surface area (Å²) in [6.45, 7) is 8.51. The number of carbonyl (C=O) groups excluding carboxylic acids is 2. The highest BCUT2D eigenvalue weighted by molar-refractivity contribution is 7.09. The predicted molar refractivity (Wildman–Crippen MR) is 130 cm³/mol. The number of hydrogen-bond acceptors (Lipinski definition) is 8. The molecule has 3 heterocycles. The van der Waals surface area contributed by atoms with Crippen molar-refractivity contribution in [3.8, 4) is 0 Å². The van der Waals surface area contributed by atoms with E-state index in [1.54, 1.807) is 42.0 Å². The highest BCUT2D eigenvalue weighted by Gasteiger charge is 2.40. The van der Waals surface area contributed by atoms with Crippen LogP contribution in [0.1, 0.15) is 42.9 Å². The molecule has 0 radical (unpaired) electrons. The van der Waals surface area contributed by atoms with Crippen LogP contribution in [0.15, 0.2) is 42.2 Å². The lowest BCUT2D eigenvalue weighted by molar-refractivity contribution is -0.119. The van der Waals surface area contributed by atoms with Gasteiger partial charge in [0, 0.05) is 34.9 Å². The van der Waals surface area contributed by atoms with Crippen molar-refractivity contribution in [2.24, 2.45) is 0 Å². The lowest BCUT2D eigenvalue weighted by atomic mass is 10.00. The van der Waals surface area contributed by atoms with E-state index < -0.39 is 0 Å². The van der Waals surface area contributed by atoms with Gasteiger partial charge in [-0.3, -0.25) is 14.6 Å². The standard InChI is InChI=1S/C23H27N7O2S/c1-14-21(32)29(5)18-12-26-22(28-19(18)30(14)23(2,3)4)27-16-8-6-15(7-9-16)20(31)25-11-17-10-24-13-33-17/h6-10,12-14H,11H2,1-5H3,(H,25,31)(H,26,27,28). The molecule has 4 rings (SSSR count). The van der Waals surface area contributed by atoms with E-state index >= 15 is 0 Å². The number of benzene rings is 1. The second kappa shape index (κ2) is 8.78. The molecule has 3 aromatic rings. The average Bonchev–Trinajstić information content (AvgIpc) is 3.29. The van der Waals surface area contributed by atoms with Crippen LogP contribution in [0.2, 0.25) is 0 Å². The third-order valence-corrected chi connectivity index (χ3v) is 6.23. The number of amides is 2. The van der Waals surface area contributed by atoms with Crippen LogP contribution in [0.3, 0.4) is 0 Å². The number of anilines is 4. The normalized spacial score (nSPS) is 15.9. The van der Waals surface area contributed by atoms with Gasteiger partial charge in [0.15, 0.2) is 5.82 Å². The van der Waals surface area contributed by atoms with Crippen molar-refractivity contribution in [3.05, 3.63) is 52.6 Å². The summed E-state index contributed by atoms with van der Waals surface area (Å²) in [6, 6.07) is 6.78. The zero-order valence-corrected chi connectivity index (χ0v) is 20.1. The predicted octanol–water partition coefficient (Wildman–Crippen LogP) is 3.58. The first-order valence-corrected chi connectivity index (χ1v) is 11.5. The lowest BCUT2D eigenvalue weighted by Crippen LogP contribution is -2.58. The van der Waals surface area contributed by atoms with Crippen molar-refractivity contribution in [2.45, 2.75) is 45.8 Å². The SMILES string of the molecule is CC1C(=O)N(C)c2cnc(Nc3ccc(C(=O)NCc4cncs4)cc3)nc2N1C(C)(C)C. The fourth-order valence-corrected chi connectivity index (χ4v) is 4.40. The maximum absolute atomic E-state index is 12.7. The van der Waals surface area contributed by atoms with Gasteiger partial charge in [-0.25, -0.2) is 4.98 Å². The Bertz CT molecular complexity index is 1160. The van der Waals surface area contributed by atoms with Crippen molar-refractivity contribution in [1.29, 1.82) is 0 Å². The number of rotatable bonds is 5. The number of likely N-dealkylation sites (N-methyl/N-ethyl adjacent to an activating group) is 1. The molecule has 9 nitrogen and oxygen atoms in total. The van der Waals surface area contributed by atoms with Crippen molar-refractivity contribution >= 4 is 46.3 Å². The molecule has 2 N–H and O–H groups in total. The van der Waals surface area contributed by atoms with E-state index in [4.69, 9.17) is 4.98 Å². The Hall–Kier alpha value is -3.53. The van der Waals surface area contributed by atoms with Crippen LogP contribution in [-0.4, -0.2) is 45.4 Å². The van der Waals surface area contributed by atoms with Crippen LogP contribution in [0.4, 0.5) is 23.1 Å². The number of fused-ring (bicyclic) bond motifs is 1. The van der Waals surface area contributed by atoms with Gasteiger partial charge in [0.05, 0.1) is 18.3 Å². The highest BCUT2D eigenvalue weighted by Crippen LogP contribution is 2.38. The first-order valence-electron chi connectivity index (χ1n) is 10.6. The molecule has 0 saturated carbocycles. The van der Waals surface area contributed by atoms with Crippen LogP contribution in [0, 0.1) is 0 Å². The zero-order chi connectivity index (χ0) is 23.8. The van der Waals surface area contributed by atoms with E-state index in [9.17, 15) is 9.59 Å². The van der Waals surface area contributed by atoms with Gasteiger partial charge in [-0.2, -0.15) is 4.98 Å². The zero-order valence-electron chi connectivity index (χ0n) is 19.3. The average molecular weight is 466 g/mol. The second-order valence-electron chi connectivity index (χ2n) is 8.87. The van der Waals surface area contributed by atoms with Crippen LogP contribution >= 0.6 is 11.3 Å². The Morgan fingerprint density at radius 3 is 2.55 bits per heavy atom. The van der Waals surface area contributed by atoms with Gasteiger partial charge < -0.3 is 20.4 Å². The summed E-state index contributed by atoms with van der Waals surface area (Å²) in [4.78, 5) is 42.8. The van der Waals surface area contributed by atoms with Gasteiger partial charge in [-0.15, -0.1) is 11.3 Å². The van der Waals surface area contributed by atoms with Gasteiger partial charge in [0.2, 0.25) is 11.9 Å². The van der Waals surface area contributed by atoms with E-state index in [2.05, 4.69) is 41.4 Å². The lowest BCUT2D eigenvalue weighted by Gasteiger charge is -2.46. The maximum atomic E-state index is 12.7. The van der Waals surface area contributed by atoms with Gasteiger partial charge in [-0.05, 0) is 52.0 Å². The molecule has 1 aromatic carbocycles. The molecule has 33 heavy (non-hydrogen) atoms. The molecule has 172 valence electrons. The Balaban J connectivity index is 1.51. The summed E-state index contributed by atoms with van der Waals surface area (Å²) in [6.07, 6.45) is 3.40. The number of nitrogens with one attached hydrogen (secondary N) is 2. The van der Waals surface area contributed by atoms with E-state index in [-0.39, 0.29) is 23.4 Å². The summed E-state index contributed by atoms with van der Waals surface area (Å²) in [7, 11) is 1.74. The molecule has 1 unspecified atom stereocenters. The monoisotopic (exact) mass is 465 g/mol. The molecular weight excluding hydrogens is 438 g/mol. The molecule has 2 amide bonds. The Morgan fingerprint density at radius 1 is 1.18 bits per heavy atom. The largest absolute Gasteiger partial charge is 0.347 e. The molecule has 0 spiro atoms. The fourth-order valence-electron chi connectivity index (χ4n) is 3.86. The highest BCUT2D eigenvalue weighted by atomic mass is 32.1. The first-order chi connectivity index (χ1) is 15.6. The minimum Gasteiger partial charge on any atom is -0.347 e. The van der Waals surface area contributed by atoms with Crippen LogP contribution < -0.4 is 20.4 Å². The molecule has 1 aliphatic rings. The summed E-state index contributed by atoms with van der Waals surface area (Å²) < 4.78 is 0. The van der Waals surface area contributed by atoms with Gasteiger partial charge in [0.1, 0.15) is 11.7 Å². The molecule has 0 bridgehead atoms. The van der Waals surface area contributed by atoms with Crippen molar-refractivity contribution in [1.82, 2.24) is 20.3 Å². The number of hydrogen-bond donors (Lipinski definition) is 2. The minimum absolute atomic E-state index is 0.00550. The van der Waals surface area contributed by atoms with E-state index in [0.29, 0.717) is 29.6 Å². The number of aromatic nitrogens is 3. The second-order valence-corrected chi connectivity index (χ2v) is 9.84. The van der Waals surface area contributed by atoms with Crippen LogP contribution in [0.25, 0.3) is 0 Å². The van der Waals surface area contributed by atoms with Gasteiger partial charge in [0.25, 0.3) is 5.91 Å². The smallest absolute Gasteiger partial charge is 0.251 e. The molecule has 2 aromatic heterocycles. The summed E-state index contributed by atoms with van der Waals surface area (Å²) in [5.74, 6) is 0.974. The number of carbonyl (C=O) groups is 2. The summed E-state index contributed by atoms with van der Waals surface area (Å²) in [5, 5.41) is 6.08. The minimum atomic E-state index is -0.340. The Morgan fingerprint density at radius 2 is 1.91 bits per heavy atom. The van der Waals surface area contributed by atoms with Crippen molar-refractivity contribution < 1.29 is 9.59 Å². The molecular formula is C23H27N7O2S. The Kier molecular flexibility index (Phi) is 6.03. The maximum Gasteiger partial charge on any atom is 0.251 e. The summed E-state index contributed by atoms with van der Waals surface area (Å²) in [5.41, 5.74) is 3.42. The fraction of sp³-hybridized carbons (Fsp3) is 0.348. The van der Waals surface area contributed by atoms with E-state index in [1.165, 1.54) is 11.3 Å². The third-order valence-electron chi connectivity index (χ3n) is 5.45. The van der Waals surface area contributed by atoms with Gasteiger partial charge >= 0.3 is 0 Å². The Labute approximate surface area is 196 Å². The molecule has 1 aliphatic heterocycles. The van der Waals surface area contributed by atoms with Crippen LogP contribution in [-0.2, 0) is 11.3 Å². The van der Waals surface area contributed by atoms with Gasteiger partial charge in [-0.1, -0.05) is 0 Å². The summed E-state index contributed by atoms with van der Waals surface area (Å²) >= 11 is 1.50. The molecule has 1 atom stereocenters. The van der Waals surface area contributed by atoms with Crippen molar-refractivity contribution in [3.63, 3.8) is 0 Å². The quantitative estimate of drug-likeness (QED) is 0.594. The number of thiazole rings is 1.